The highest BCUT2D eigenvalue weighted by molar-refractivity contribution is 5.96. The van der Waals surface area contributed by atoms with E-state index in [2.05, 4.69) is 0 Å². The average Bonchev–Trinajstić information content (AvgIpc) is 2.90. The standard InChI is InChI=1S/C18H23F3N2O4/c1-26-11-12-27-13-16(24)22-7-4-8-23(10-9-22)17(25)14-5-2-3-6-15(14)18(19,20)21/h2-3,5-6H,4,7-13H2,1H3. The second-order valence-electron chi connectivity index (χ2n) is 6.12. The highest BCUT2D eigenvalue weighted by Gasteiger charge is 2.36. The van der Waals surface area contributed by atoms with Crippen molar-refractivity contribution in [2.75, 3.05) is 53.1 Å². The van der Waals surface area contributed by atoms with Crippen LogP contribution in [0.15, 0.2) is 24.3 Å². The van der Waals surface area contributed by atoms with Crippen LogP contribution in [0.4, 0.5) is 13.2 Å². The SMILES string of the molecule is COCCOCC(=O)N1CCCN(C(=O)c2ccccc2C(F)(F)F)CC1. The van der Waals surface area contributed by atoms with E-state index >= 15 is 0 Å². The fourth-order valence-corrected chi connectivity index (χ4v) is 2.85. The molecule has 1 aromatic carbocycles. The minimum atomic E-state index is -4.60. The number of nitrogens with zero attached hydrogens (tertiary/aromatic N) is 2. The molecule has 0 N–H and O–H groups in total. The Morgan fingerprint density at radius 3 is 2.41 bits per heavy atom. The summed E-state index contributed by atoms with van der Waals surface area (Å²) in [6.45, 7) is 1.75. The third-order valence-corrected chi connectivity index (χ3v) is 4.26. The van der Waals surface area contributed by atoms with Crippen molar-refractivity contribution in [2.45, 2.75) is 12.6 Å². The van der Waals surface area contributed by atoms with Crippen molar-refractivity contribution in [3.63, 3.8) is 0 Å². The minimum absolute atomic E-state index is 0.0891. The van der Waals surface area contributed by atoms with Crippen molar-refractivity contribution in [1.82, 2.24) is 9.80 Å². The maximum Gasteiger partial charge on any atom is 0.417 e. The lowest BCUT2D eigenvalue weighted by Crippen LogP contribution is -2.39. The van der Waals surface area contributed by atoms with Gasteiger partial charge in [0.25, 0.3) is 5.91 Å². The van der Waals surface area contributed by atoms with Crippen molar-refractivity contribution < 1.29 is 32.2 Å². The lowest BCUT2D eigenvalue weighted by molar-refractivity contribution is -0.138. The predicted molar refractivity (Wildman–Crippen MR) is 91.2 cm³/mol. The number of halogens is 3. The number of ether oxygens (including phenoxy) is 2. The molecule has 2 amide bonds. The summed E-state index contributed by atoms with van der Waals surface area (Å²) in [5.74, 6) is -0.885. The lowest BCUT2D eigenvalue weighted by atomic mass is 10.1. The smallest absolute Gasteiger partial charge is 0.382 e. The van der Waals surface area contributed by atoms with Gasteiger partial charge in [-0.3, -0.25) is 9.59 Å². The maximum atomic E-state index is 13.2. The summed E-state index contributed by atoms with van der Waals surface area (Å²) in [4.78, 5) is 27.7. The van der Waals surface area contributed by atoms with Crippen LogP contribution in [0.2, 0.25) is 0 Å². The molecule has 27 heavy (non-hydrogen) atoms. The summed E-state index contributed by atoms with van der Waals surface area (Å²) >= 11 is 0. The van der Waals surface area contributed by atoms with Gasteiger partial charge in [-0.2, -0.15) is 13.2 Å². The van der Waals surface area contributed by atoms with Gasteiger partial charge < -0.3 is 19.3 Å². The molecule has 9 heteroatoms. The quantitative estimate of drug-likeness (QED) is 0.700. The number of alkyl halides is 3. The van der Waals surface area contributed by atoms with Crippen molar-refractivity contribution >= 4 is 11.8 Å². The molecular weight excluding hydrogens is 365 g/mol. The van der Waals surface area contributed by atoms with Crippen molar-refractivity contribution in [1.29, 1.82) is 0 Å². The molecule has 0 atom stereocenters. The average molecular weight is 388 g/mol. The Hall–Kier alpha value is -2.13. The molecule has 1 aliphatic rings. The first-order chi connectivity index (χ1) is 12.8. The summed E-state index contributed by atoms with van der Waals surface area (Å²) in [5, 5.41) is 0. The zero-order valence-corrected chi connectivity index (χ0v) is 15.1. The molecule has 2 rings (SSSR count). The fourth-order valence-electron chi connectivity index (χ4n) is 2.85. The normalized spacial score (nSPS) is 15.6. The third-order valence-electron chi connectivity index (χ3n) is 4.26. The van der Waals surface area contributed by atoms with Gasteiger partial charge >= 0.3 is 6.18 Å². The summed E-state index contributed by atoms with van der Waals surface area (Å²) in [6.07, 6.45) is -4.11. The summed E-state index contributed by atoms with van der Waals surface area (Å²) in [7, 11) is 1.53. The minimum Gasteiger partial charge on any atom is -0.382 e. The molecular formula is C18H23F3N2O4. The van der Waals surface area contributed by atoms with Gasteiger partial charge in [0, 0.05) is 33.3 Å². The topological polar surface area (TPSA) is 59.1 Å². The van der Waals surface area contributed by atoms with E-state index in [1.54, 1.807) is 4.90 Å². The van der Waals surface area contributed by atoms with E-state index in [4.69, 9.17) is 9.47 Å². The Morgan fingerprint density at radius 2 is 1.70 bits per heavy atom. The molecule has 0 spiro atoms. The summed E-state index contributed by atoms with van der Waals surface area (Å²) in [5.41, 5.74) is -1.31. The van der Waals surface area contributed by atoms with E-state index in [1.165, 1.54) is 30.2 Å². The zero-order chi connectivity index (χ0) is 19.9. The van der Waals surface area contributed by atoms with E-state index in [0.717, 1.165) is 6.07 Å². The molecule has 1 aliphatic heterocycles. The first-order valence-electron chi connectivity index (χ1n) is 8.64. The number of hydrogen-bond acceptors (Lipinski definition) is 4. The van der Waals surface area contributed by atoms with Crippen LogP contribution in [-0.2, 0) is 20.4 Å². The zero-order valence-electron chi connectivity index (χ0n) is 15.1. The first kappa shape index (κ1) is 21.2. The van der Waals surface area contributed by atoms with Crippen LogP contribution < -0.4 is 0 Å². The van der Waals surface area contributed by atoms with Gasteiger partial charge in [-0.05, 0) is 18.6 Å². The van der Waals surface area contributed by atoms with Crippen molar-refractivity contribution in [2.24, 2.45) is 0 Å². The van der Waals surface area contributed by atoms with Crippen LogP contribution in [0, 0.1) is 0 Å². The molecule has 0 bridgehead atoms. The van der Waals surface area contributed by atoms with E-state index in [9.17, 15) is 22.8 Å². The van der Waals surface area contributed by atoms with E-state index < -0.39 is 17.6 Å². The van der Waals surface area contributed by atoms with Gasteiger partial charge in [-0.1, -0.05) is 12.1 Å². The maximum absolute atomic E-state index is 13.2. The van der Waals surface area contributed by atoms with Gasteiger partial charge in [-0.15, -0.1) is 0 Å². The molecule has 0 saturated carbocycles. The number of carbonyl (C=O) groups excluding carboxylic acids is 2. The second kappa shape index (κ2) is 9.70. The molecule has 0 aliphatic carbocycles. The molecule has 1 aromatic rings. The van der Waals surface area contributed by atoms with E-state index in [0.29, 0.717) is 32.7 Å². The number of carbonyl (C=O) groups is 2. The molecule has 150 valence electrons. The molecule has 1 fully saturated rings. The molecule has 0 unspecified atom stereocenters. The van der Waals surface area contributed by atoms with Crippen LogP contribution in [-0.4, -0.2) is 74.7 Å². The Labute approximate surface area is 155 Å². The Bertz CT molecular complexity index is 652. The molecule has 1 heterocycles. The van der Waals surface area contributed by atoms with Gasteiger partial charge in [0.2, 0.25) is 5.91 Å². The predicted octanol–water partition coefficient (Wildman–Crippen LogP) is 2.04. The van der Waals surface area contributed by atoms with Crippen LogP contribution in [0.5, 0.6) is 0 Å². The largest absolute Gasteiger partial charge is 0.417 e. The van der Waals surface area contributed by atoms with Gasteiger partial charge in [0.05, 0.1) is 24.3 Å². The number of hydrogen-bond donors (Lipinski definition) is 0. The van der Waals surface area contributed by atoms with Gasteiger partial charge in [0.1, 0.15) is 6.61 Å². The highest BCUT2D eigenvalue weighted by Crippen LogP contribution is 2.32. The van der Waals surface area contributed by atoms with E-state index in [1.807, 2.05) is 0 Å². The fraction of sp³-hybridized carbons (Fsp3) is 0.556. The van der Waals surface area contributed by atoms with Crippen LogP contribution in [0.1, 0.15) is 22.3 Å². The Balaban J connectivity index is 1.98. The second-order valence-corrected chi connectivity index (χ2v) is 6.12. The number of methoxy groups -OCH3 is 1. The third kappa shape index (κ3) is 5.93. The van der Waals surface area contributed by atoms with Crippen LogP contribution in [0.3, 0.4) is 0 Å². The molecule has 0 radical (unpaired) electrons. The van der Waals surface area contributed by atoms with Crippen LogP contribution >= 0.6 is 0 Å². The number of benzene rings is 1. The number of rotatable bonds is 6. The summed E-state index contributed by atoms with van der Waals surface area (Å²) in [6, 6.07) is 4.75. The molecule has 1 saturated heterocycles. The number of amides is 2. The molecule has 0 aromatic heterocycles. The molecule has 6 nitrogen and oxygen atoms in total. The van der Waals surface area contributed by atoms with Crippen molar-refractivity contribution in [3.05, 3.63) is 35.4 Å². The Morgan fingerprint density at radius 1 is 1.04 bits per heavy atom. The lowest BCUT2D eigenvalue weighted by Gasteiger charge is -2.23. The van der Waals surface area contributed by atoms with Gasteiger partial charge in [0.15, 0.2) is 0 Å². The first-order valence-corrected chi connectivity index (χ1v) is 8.64. The van der Waals surface area contributed by atoms with Crippen LogP contribution in [0.25, 0.3) is 0 Å². The van der Waals surface area contributed by atoms with Crippen molar-refractivity contribution in [3.8, 4) is 0 Å². The highest BCUT2D eigenvalue weighted by atomic mass is 19.4. The Kier molecular flexibility index (Phi) is 7.61. The monoisotopic (exact) mass is 388 g/mol. The van der Waals surface area contributed by atoms with E-state index in [-0.39, 0.29) is 31.2 Å². The van der Waals surface area contributed by atoms with Gasteiger partial charge in [-0.25, -0.2) is 0 Å². The summed E-state index contributed by atoms with van der Waals surface area (Å²) < 4.78 is 49.5.